The molecule has 3 aromatic rings. The van der Waals surface area contributed by atoms with Gasteiger partial charge in [-0.05, 0) is 18.4 Å². The lowest BCUT2D eigenvalue weighted by Crippen LogP contribution is -2.34. The van der Waals surface area contributed by atoms with Gasteiger partial charge in [0.15, 0.2) is 17.8 Å². The standard InChI is InChI=1S/C23H23FN2O5/c24-14-7-15-16(8-19(25-15)31-18-10-30-21-17(28)9-29-22(18)21)26-20(14)12-1-3-13(4-2-12)23(11-27)5-6-23/h1-4,7-8,17-18,21-22,25,27-28H,5-6,9-11H2/t17-,18-,21?,22-/m1/s1. The number of halogens is 1. The van der Waals surface area contributed by atoms with Gasteiger partial charge in [-0.15, -0.1) is 0 Å². The topological polar surface area (TPSA) is 96.8 Å². The Morgan fingerprint density at radius 3 is 2.65 bits per heavy atom. The average Bonchev–Trinajstić information content (AvgIpc) is 3.12. The van der Waals surface area contributed by atoms with E-state index in [2.05, 4.69) is 9.97 Å². The molecule has 7 nitrogen and oxygen atoms in total. The van der Waals surface area contributed by atoms with Crippen molar-refractivity contribution < 1.29 is 28.8 Å². The third kappa shape index (κ3) is 3.13. The van der Waals surface area contributed by atoms with E-state index < -0.39 is 11.9 Å². The SMILES string of the molecule is OCC1(c2ccc(-c3nc4cc(O[C@@H]5COC6[C@H](O)CO[C@@H]65)[nH]c4cc3F)cc2)CC1. The van der Waals surface area contributed by atoms with E-state index in [1.807, 2.05) is 24.3 Å². The van der Waals surface area contributed by atoms with E-state index in [0.717, 1.165) is 18.4 Å². The summed E-state index contributed by atoms with van der Waals surface area (Å²) in [5.74, 6) is 0.0238. The molecular weight excluding hydrogens is 403 g/mol. The van der Waals surface area contributed by atoms with Crippen LogP contribution in [0.2, 0.25) is 0 Å². The van der Waals surface area contributed by atoms with Crippen LogP contribution in [0.25, 0.3) is 22.3 Å². The number of H-pyrrole nitrogens is 1. The van der Waals surface area contributed by atoms with Crippen LogP contribution in [-0.2, 0) is 14.9 Å². The second-order valence-corrected chi connectivity index (χ2v) is 8.72. The highest BCUT2D eigenvalue weighted by Crippen LogP contribution is 2.47. The number of aromatic nitrogens is 2. The van der Waals surface area contributed by atoms with Crippen molar-refractivity contribution in [3.05, 3.63) is 47.8 Å². The van der Waals surface area contributed by atoms with Gasteiger partial charge in [0.25, 0.3) is 0 Å². The zero-order chi connectivity index (χ0) is 21.2. The first kappa shape index (κ1) is 19.2. The Morgan fingerprint density at radius 1 is 1.13 bits per heavy atom. The van der Waals surface area contributed by atoms with Crippen LogP contribution in [0.1, 0.15) is 18.4 Å². The maximum Gasteiger partial charge on any atom is 0.193 e. The lowest BCUT2D eigenvalue weighted by molar-refractivity contribution is 0.00794. The van der Waals surface area contributed by atoms with Crippen molar-refractivity contribution in [1.29, 1.82) is 0 Å². The number of nitrogens with one attached hydrogen (secondary N) is 1. The number of aliphatic hydroxyl groups excluding tert-OH is 2. The van der Waals surface area contributed by atoms with Crippen LogP contribution < -0.4 is 4.74 Å². The van der Waals surface area contributed by atoms with E-state index in [9.17, 15) is 14.6 Å². The Bertz CT molecular complexity index is 1130. The van der Waals surface area contributed by atoms with Gasteiger partial charge in [0, 0.05) is 23.1 Å². The van der Waals surface area contributed by atoms with Gasteiger partial charge in [-0.2, -0.15) is 0 Å². The lowest BCUT2D eigenvalue weighted by Gasteiger charge is -2.16. The van der Waals surface area contributed by atoms with Crippen molar-refractivity contribution in [2.75, 3.05) is 19.8 Å². The zero-order valence-electron chi connectivity index (χ0n) is 16.8. The summed E-state index contributed by atoms with van der Waals surface area (Å²) in [5.41, 5.74) is 3.03. The molecule has 6 rings (SSSR count). The number of ether oxygens (including phenoxy) is 3. The zero-order valence-corrected chi connectivity index (χ0v) is 16.8. The maximum absolute atomic E-state index is 14.8. The van der Waals surface area contributed by atoms with Crippen LogP contribution >= 0.6 is 0 Å². The molecule has 1 aromatic carbocycles. The largest absolute Gasteiger partial charge is 0.470 e. The van der Waals surface area contributed by atoms with Crippen molar-refractivity contribution in [2.24, 2.45) is 0 Å². The van der Waals surface area contributed by atoms with Crippen molar-refractivity contribution in [3.63, 3.8) is 0 Å². The van der Waals surface area contributed by atoms with Gasteiger partial charge < -0.3 is 29.4 Å². The molecular formula is C23H23FN2O5. The number of aliphatic hydroxyl groups is 2. The van der Waals surface area contributed by atoms with Gasteiger partial charge in [0.05, 0.1) is 30.9 Å². The molecule has 0 radical (unpaired) electrons. The molecule has 0 bridgehead atoms. The molecule has 1 unspecified atom stereocenters. The van der Waals surface area contributed by atoms with Crippen molar-refractivity contribution >= 4 is 11.0 Å². The van der Waals surface area contributed by atoms with E-state index in [0.29, 0.717) is 29.1 Å². The summed E-state index contributed by atoms with van der Waals surface area (Å²) in [6.45, 7) is 0.682. The Morgan fingerprint density at radius 2 is 1.90 bits per heavy atom. The maximum atomic E-state index is 14.8. The number of benzene rings is 1. The summed E-state index contributed by atoms with van der Waals surface area (Å²) in [5, 5.41) is 19.5. The van der Waals surface area contributed by atoms with E-state index >= 15 is 0 Å². The van der Waals surface area contributed by atoms with Gasteiger partial charge in [-0.25, -0.2) is 9.37 Å². The van der Waals surface area contributed by atoms with Crippen LogP contribution in [0.4, 0.5) is 4.39 Å². The number of aromatic amines is 1. The summed E-state index contributed by atoms with van der Waals surface area (Å²) in [6, 6.07) is 10.7. The predicted molar refractivity (Wildman–Crippen MR) is 109 cm³/mol. The van der Waals surface area contributed by atoms with Crippen molar-refractivity contribution in [1.82, 2.24) is 9.97 Å². The minimum atomic E-state index is -0.641. The molecule has 2 saturated heterocycles. The van der Waals surface area contributed by atoms with Crippen LogP contribution in [0.15, 0.2) is 36.4 Å². The van der Waals surface area contributed by atoms with Gasteiger partial charge in [-0.1, -0.05) is 24.3 Å². The fraction of sp³-hybridized carbons (Fsp3) is 0.435. The van der Waals surface area contributed by atoms with E-state index in [4.69, 9.17) is 14.2 Å². The van der Waals surface area contributed by atoms with Crippen LogP contribution in [0.3, 0.4) is 0 Å². The van der Waals surface area contributed by atoms with E-state index in [1.165, 1.54) is 6.07 Å². The second-order valence-electron chi connectivity index (χ2n) is 8.72. The molecule has 2 aliphatic heterocycles. The summed E-state index contributed by atoms with van der Waals surface area (Å²) in [7, 11) is 0. The lowest BCUT2D eigenvalue weighted by atomic mass is 9.95. The summed E-state index contributed by atoms with van der Waals surface area (Å²) in [6.07, 6.45) is 0.261. The molecule has 1 saturated carbocycles. The molecule has 31 heavy (non-hydrogen) atoms. The van der Waals surface area contributed by atoms with Gasteiger partial charge in [0.2, 0.25) is 0 Å². The number of rotatable bonds is 5. The number of hydrogen-bond donors (Lipinski definition) is 3. The molecule has 3 aliphatic rings. The van der Waals surface area contributed by atoms with E-state index in [-0.39, 0.29) is 42.6 Å². The summed E-state index contributed by atoms with van der Waals surface area (Å²) >= 11 is 0. The molecule has 4 heterocycles. The second kappa shape index (κ2) is 7.00. The highest BCUT2D eigenvalue weighted by Gasteiger charge is 2.48. The first-order valence-corrected chi connectivity index (χ1v) is 10.6. The van der Waals surface area contributed by atoms with Gasteiger partial charge >= 0.3 is 0 Å². The minimum Gasteiger partial charge on any atom is -0.470 e. The molecule has 3 N–H and O–H groups in total. The number of pyridine rings is 1. The van der Waals surface area contributed by atoms with Crippen molar-refractivity contribution in [3.8, 4) is 17.1 Å². The van der Waals surface area contributed by atoms with Gasteiger partial charge in [-0.3, -0.25) is 0 Å². The van der Waals surface area contributed by atoms with Gasteiger partial charge in [0.1, 0.15) is 24.0 Å². The Kier molecular flexibility index (Phi) is 4.33. The number of nitrogens with zero attached hydrogens (tertiary/aromatic N) is 1. The molecule has 162 valence electrons. The van der Waals surface area contributed by atoms with Crippen LogP contribution in [0.5, 0.6) is 5.88 Å². The molecule has 3 fully saturated rings. The fourth-order valence-electron chi connectivity index (χ4n) is 4.65. The molecule has 0 spiro atoms. The minimum absolute atomic E-state index is 0.122. The third-order valence-corrected chi connectivity index (χ3v) is 6.72. The highest BCUT2D eigenvalue weighted by molar-refractivity contribution is 5.81. The Hall–Kier alpha value is -2.52. The van der Waals surface area contributed by atoms with Crippen LogP contribution in [0, 0.1) is 5.82 Å². The normalized spacial score (nSPS) is 28.7. The average molecular weight is 426 g/mol. The molecule has 2 aromatic heterocycles. The Labute approximate surface area is 177 Å². The molecule has 4 atom stereocenters. The third-order valence-electron chi connectivity index (χ3n) is 6.72. The molecule has 1 aliphatic carbocycles. The summed E-state index contributed by atoms with van der Waals surface area (Å²) < 4.78 is 32.0. The fourth-order valence-corrected chi connectivity index (χ4v) is 4.65. The first-order chi connectivity index (χ1) is 15.1. The van der Waals surface area contributed by atoms with Crippen molar-refractivity contribution in [2.45, 2.75) is 42.7 Å². The number of hydrogen-bond acceptors (Lipinski definition) is 6. The molecule has 0 amide bonds. The first-order valence-electron chi connectivity index (χ1n) is 10.6. The predicted octanol–water partition coefficient (Wildman–Crippen LogP) is 2.30. The highest BCUT2D eigenvalue weighted by atomic mass is 19.1. The van der Waals surface area contributed by atoms with Crippen LogP contribution in [-0.4, -0.2) is 64.4 Å². The van der Waals surface area contributed by atoms with E-state index in [1.54, 1.807) is 6.07 Å². The smallest absolute Gasteiger partial charge is 0.193 e. The monoisotopic (exact) mass is 426 g/mol. The number of fused-ring (bicyclic) bond motifs is 2. The molecule has 8 heteroatoms. The Balaban J connectivity index is 1.26. The summed E-state index contributed by atoms with van der Waals surface area (Å²) in [4.78, 5) is 7.56. The quantitative estimate of drug-likeness (QED) is 0.579.